The maximum absolute atomic E-state index is 5.20. The van der Waals surface area contributed by atoms with E-state index in [9.17, 15) is 0 Å². The van der Waals surface area contributed by atoms with Gasteiger partial charge in [-0.15, -0.1) is 0 Å². The van der Waals surface area contributed by atoms with Crippen LogP contribution in [0.2, 0.25) is 0 Å². The van der Waals surface area contributed by atoms with E-state index in [1.165, 1.54) is 16.8 Å². The minimum atomic E-state index is 0.743. The quantitative estimate of drug-likeness (QED) is 0.648. The van der Waals surface area contributed by atoms with Crippen LogP contribution < -0.4 is 15.0 Å². The first kappa shape index (κ1) is 18.6. The fourth-order valence-electron chi connectivity index (χ4n) is 2.56. The molecule has 5 heteroatoms. The number of ether oxygens (including phenoxy) is 1. The molecule has 0 fully saturated rings. The zero-order chi connectivity index (χ0) is 18.2. The average molecular weight is 340 g/mol. The van der Waals surface area contributed by atoms with Crippen molar-refractivity contribution in [1.82, 2.24) is 10.2 Å². The minimum Gasteiger partial charge on any atom is -0.497 e. The Morgan fingerprint density at radius 2 is 1.56 bits per heavy atom. The molecule has 0 atom stereocenters. The molecule has 0 aromatic heterocycles. The van der Waals surface area contributed by atoms with Gasteiger partial charge in [0.25, 0.3) is 0 Å². The topological polar surface area (TPSA) is 40.1 Å². The maximum Gasteiger partial charge on any atom is 0.193 e. The molecular weight excluding hydrogens is 312 g/mol. The molecule has 0 aliphatic carbocycles. The zero-order valence-corrected chi connectivity index (χ0v) is 15.8. The van der Waals surface area contributed by atoms with Crippen molar-refractivity contribution in [2.45, 2.75) is 13.1 Å². The van der Waals surface area contributed by atoms with Gasteiger partial charge in [-0.25, -0.2) is 0 Å². The number of nitrogens with one attached hydrogen (secondary N) is 1. The van der Waals surface area contributed by atoms with Crippen molar-refractivity contribution in [3.63, 3.8) is 0 Å². The van der Waals surface area contributed by atoms with Crippen molar-refractivity contribution >= 4 is 11.6 Å². The summed E-state index contributed by atoms with van der Waals surface area (Å²) in [6, 6.07) is 16.6. The second-order valence-corrected chi connectivity index (χ2v) is 6.17. The second-order valence-electron chi connectivity index (χ2n) is 6.17. The largest absolute Gasteiger partial charge is 0.497 e. The summed E-state index contributed by atoms with van der Waals surface area (Å²) in [5.41, 5.74) is 3.64. The average Bonchev–Trinajstić information content (AvgIpc) is 2.63. The lowest BCUT2D eigenvalue weighted by Crippen LogP contribution is -2.38. The van der Waals surface area contributed by atoms with Gasteiger partial charge in [-0.1, -0.05) is 24.3 Å². The number of nitrogens with zero attached hydrogens (tertiary/aromatic N) is 3. The third-order valence-corrected chi connectivity index (χ3v) is 4.06. The van der Waals surface area contributed by atoms with Crippen molar-refractivity contribution in [3.8, 4) is 5.75 Å². The molecule has 0 bridgehead atoms. The monoisotopic (exact) mass is 340 g/mol. The third kappa shape index (κ3) is 5.41. The molecule has 0 saturated carbocycles. The van der Waals surface area contributed by atoms with E-state index < -0.39 is 0 Å². The first-order valence-corrected chi connectivity index (χ1v) is 8.34. The summed E-state index contributed by atoms with van der Waals surface area (Å²) in [4.78, 5) is 8.58. The molecule has 5 nitrogen and oxygen atoms in total. The Morgan fingerprint density at radius 3 is 2.08 bits per heavy atom. The summed E-state index contributed by atoms with van der Waals surface area (Å²) in [5, 5.41) is 3.41. The first-order chi connectivity index (χ1) is 12.0. The van der Waals surface area contributed by atoms with Crippen molar-refractivity contribution < 1.29 is 4.74 Å². The predicted octanol–water partition coefficient (Wildman–Crippen LogP) is 2.97. The molecular formula is C20H28N4O. The lowest BCUT2D eigenvalue weighted by molar-refractivity contribution is 0.414. The summed E-state index contributed by atoms with van der Waals surface area (Å²) in [5.74, 6) is 1.74. The van der Waals surface area contributed by atoms with Gasteiger partial charge in [-0.05, 0) is 35.4 Å². The molecule has 134 valence electrons. The van der Waals surface area contributed by atoms with Crippen molar-refractivity contribution in [3.05, 3.63) is 59.7 Å². The summed E-state index contributed by atoms with van der Waals surface area (Å²) >= 11 is 0. The van der Waals surface area contributed by atoms with Crippen molar-refractivity contribution in [2.24, 2.45) is 4.99 Å². The van der Waals surface area contributed by atoms with Crippen molar-refractivity contribution in [2.75, 3.05) is 40.2 Å². The standard InChI is InChI=1S/C20H28N4O/c1-21-20(22-14-16-6-10-18(11-7-16)23(2)3)24(4)15-17-8-12-19(25-5)13-9-17/h6-13H,14-15H2,1-5H3,(H,21,22). The second kappa shape index (κ2) is 8.97. The number of guanidine groups is 1. The van der Waals surface area contributed by atoms with Crippen LogP contribution in [0.3, 0.4) is 0 Å². The Hall–Kier alpha value is -2.69. The van der Waals surface area contributed by atoms with Crippen LogP contribution in [-0.4, -0.2) is 46.2 Å². The molecule has 0 spiro atoms. The molecule has 0 amide bonds. The van der Waals surface area contributed by atoms with Crippen molar-refractivity contribution in [1.29, 1.82) is 0 Å². The Bertz CT molecular complexity index is 678. The van der Waals surface area contributed by atoms with E-state index in [0.29, 0.717) is 0 Å². The first-order valence-electron chi connectivity index (χ1n) is 8.34. The molecule has 0 heterocycles. The highest BCUT2D eigenvalue weighted by Gasteiger charge is 2.07. The summed E-state index contributed by atoms with van der Waals surface area (Å²) < 4.78 is 5.20. The van der Waals surface area contributed by atoms with Crippen LogP contribution in [0.25, 0.3) is 0 Å². The summed E-state index contributed by atoms with van der Waals surface area (Å²) in [6.45, 7) is 1.52. The fraction of sp³-hybridized carbons (Fsp3) is 0.350. The number of anilines is 1. The molecule has 0 aliphatic heterocycles. The number of hydrogen-bond donors (Lipinski definition) is 1. The highest BCUT2D eigenvalue weighted by molar-refractivity contribution is 5.79. The number of methoxy groups -OCH3 is 1. The maximum atomic E-state index is 5.20. The van der Waals surface area contributed by atoms with Crippen LogP contribution in [0.15, 0.2) is 53.5 Å². The molecule has 25 heavy (non-hydrogen) atoms. The fourth-order valence-corrected chi connectivity index (χ4v) is 2.56. The minimum absolute atomic E-state index is 0.743. The van der Waals surface area contributed by atoms with E-state index in [1.54, 1.807) is 7.11 Å². The lowest BCUT2D eigenvalue weighted by Gasteiger charge is -2.22. The van der Waals surface area contributed by atoms with Crippen LogP contribution in [0.5, 0.6) is 5.75 Å². The van der Waals surface area contributed by atoms with Crippen LogP contribution in [-0.2, 0) is 13.1 Å². The van der Waals surface area contributed by atoms with Crippen LogP contribution in [0.4, 0.5) is 5.69 Å². The molecule has 2 aromatic rings. The number of benzene rings is 2. The van der Waals surface area contributed by atoms with E-state index in [-0.39, 0.29) is 0 Å². The molecule has 0 unspecified atom stereocenters. The van der Waals surface area contributed by atoms with Gasteiger partial charge >= 0.3 is 0 Å². The Balaban J connectivity index is 1.92. The van der Waals surface area contributed by atoms with Gasteiger partial charge in [0.2, 0.25) is 0 Å². The lowest BCUT2D eigenvalue weighted by atomic mass is 10.2. The highest BCUT2D eigenvalue weighted by Crippen LogP contribution is 2.13. The van der Waals surface area contributed by atoms with E-state index >= 15 is 0 Å². The molecule has 0 aliphatic rings. The van der Waals surface area contributed by atoms with Gasteiger partial charge < -0.3 is 19.9 Å². The SMILES string of the molecule is CN=C(NCc1ccc(N(C)C)cc1)N(C)Cc1ccc(OC)cc1. The van der Waals surface area contributed by atoms with Gasteiger partial charge in [-0.2, -0.15) is 0 Å². The van der Waals surface area contributed by atoms with Gasteiger partial charge in [-0.3, -0.25) is 4.99 Å². The smallest absolute Gasteiger partial charge is 0.193 e. The molecule has 1 N–H and O–H groups in total. The third-order valence-electron chi connectivity index (χ3n) is 4.06. The molecule has 0 radical (unpaired) electrons. The summed E-state index contributed by atoms with van der Waals surface area (Å²) in [7, 11) is 9.61. The Kier molecular flexibility index (Phi) is 6.69. The normalized spacial score (nSPS) is 11.2. The number of rotatable bonds is 6. The van der Waals surface area contributed by atoms with Gasteiger partial charge in [0, 0.05) is 47.0 Å². The number of aliphatic imine (C=N–C) groups is 1. The van der Waals surface area contributed by atoms with Gasteiger partial charge in [0.15, 0.2) is 5.96 Å². The summed E-state index contributed by atoms with van der Waals surface area (Å²) in [6.07, 6.45) is 0. The Morgan fingerprint density at radius 1 is 0.960 bits per heavy atom. The van der Waals surface area contributed by atoms with Crippen LogP contribution >= 0.6 is 0 Å². The number of hydrogen-bond acceptors (Lipinski definition) is 3. The highest BCUT2D eigenvalue weighted by atomic mass is 16.5. The zero-order valence-electron chi connectivity index (χ0n) is 15.8. The molecule has 2 aromatic carbocycles. The van der Waals surface area contributed by atoms with E-state index in [0.717, 1.165) is 24.8 Å². The van der Waals surface area contributed by atoms with Gasteiger partial charge in [0.1, 0.15) is 5.75 Å². The predicted molar refractivity (Wildman–Crippen MR) is 105 cm³/mol. The van der Waals surface area contributed by atoms with E-state index in [1.807, 2.05) is 40.3 Å². The van der Waals surface area contributed by atoms with Gasteiger partial charge in [0.05, 0.1) is 7.11 Å². The Labute approximate surface area is 150 Å². The molecule has 2 rings (SSSR count). The molecule has 0 saturated heterocycles. The van der Waals surface area contributed by atoms with Crippen LogP contribution in [0, 0.1) is 0 Å². The van der Waals surface area contributed by atoms with E-state index in [4.69, 9.17) is 4.74 Å². The van der Waals surface area contributed by atoms with E-state index in [2.05, 4.69) is 56.5 Å². The van der Waals surface area contributed by atoms with Crippen LogP contribution in [0.1, 0.15) is 11.1 Å².